The topological polar surface area (TPSA) is 72.7 Å². The van der Waals surface area contributed by atoms with Crippen molar-refractivity contribution in [3.63, 3.8) is 0 Å². The third kappa shape index (κ3) is 2.96. The maximum Gasteiger partial charge on any atom is 0.259 e. The number of carbonyl (C=O) groups is 1. The number of nitrogens with one attached hydrogen (secondary N) is 1. The summed E-state index contributed by atoms with van der Waals surface area (Å²) in [6, 6.07) is 1.82. The summed E-state index contributed by atoms with van der Waals surface area (Å²) < 4.78 is 1.71. The number of aryl methyl sites for hydroxylation is 2. The molecule has 0 aliphatic heterocycles. The van der Waals surface area contributed by atoms with E-state index in [9.17, 15) is 4.79 Å². The van der Waals surface area contributed by atoms with Crippen LogP contribution >= 0.6 is 11.3 Å². The van der Waals surface area contributed by atoms with Crippen molar-refractivity contribution in [3.8, 4) is 0 Å². The molecule has 0 aliphatic rings. The summed E-state index contributed by atoms with van der Waals surface area (Å²) >= 11 is 1.43. The Morgan fingerprint density at radius 3 is 2.74 bits per heavy atom. The SMILES string of the molecule is Cc1nn(C)c2ncc(C(=O)Nc3nc(C(C)(C)C)cs3)cc12. The molecule has 0 spiro atoms. The van der Waals surface area contributed by atoms with Crippen molar-refractivity contribution < 1.29 is 4.79 Å². The van der Waals surface area contributed by atoms with Crippen LogP contribution in [0.1, 0.15) is 42.5 Å². The Morgan fingerprint density at radius 1 is 1.35 bits per heavy atom. The second-order valence-corrected chi connectivity index (χ2v) is 7.40. The quantitative estimate of drug-likeness (QED) is 0.783. The molecule has 1 N–H and O–H groups in total. The monoisotopic (exact) mass is 329 g/mol. The summed E-state index contributed by atoms with van der Waals surface area (Å²) in [5.74, 6) is -0.211. The fourth-order valence-electron chi connectivity index (χ4n) is 2.28. The minimum absolute atomic E-state index is 0.0350. The van der Waals surface area contributed by atoms with Gasteiger partial charge in [0.1, 0.15) is 0 Å². The molecule has 3 rings (SSSR count). The normalized spacial score (nSPS) is 11.9. The Morgan fingerprint density at radius 2 is 2.09 bits per heavy atom. The molecule has 0 saturated carbocycles. The highest BCUT2D eigenvalue weighted by atomic mass is 32.1. The van der Waals surface area contributed by atoms with Crippen molar-refractivity contribution in [2.45, 2.75) is 33.1 Å². The molecule has 3 aromatic rings. The molecular weight excluding hydrogens is 310 g/mol. The van der Waals surface area contributed by atoms with Gasteiger partial charge in [-0.2, -0.15) is 5.10 Å². The summed E-state index contributed by atoms with van der Waals surface area (Å²) in [6.07, 6.45) is 1.57. The molecule has 23 heavy (non-hydrogen) atoms. The van der Waals surface area contributed by atoms with Gasteiger partial charge >= 0.3 is 0 Å². The Hall–Kier alpha value is -2.28. The van der Waals surface area contributed by atoms with E-state index in [1.165, 1.54) is 11.3 Å². The van der Waals surface area contributed by atoms with Crippen molar-refractivity contribution in [1.29, 1.82) is 0 Å². The van der Waals surface area contributed by atoms with Crippen LogP contribution in [0.3, 0.4) is 0 Å². The second kappa shape index (κ2) is 5.42. The maximum atomic E-state index is 12.4. The first-order valence-corrected chi connectivity index (χ1v) is 8.20. The zero-order valence-corrected chi connectivity index (χ0v) is 14.7. The molecule has 3 heterocycles. The van der Waals surface area contributed by atoms with Crippen molar-refractivity contribution >= 4 is 33.4 Å². The van der Waals surface area contributed by atoms with Gasteiger partial charge in [-0.1, -0.05) is 20.8 Å². The Labute approximate surface area is 138 Å². The lowest BCUT2D eigenvalue weighted by molar-refractivity contribution is 0.102. The van der Waals surface area contributed by atoms with Gasteiger partial charge in [-0.3, -0.25) is 14.8 Å². The van der Waals surface area contributed by atoms with Crippen LogP contribution in [-0.4, -0.2) is 25.7 Å². The van der Waals surface area contributed by atoms with Crippen LogP contribution in [0.25, 0.3) is 11.0 Å². The smallest absolute Gasteiger partial charge is 0.259 e. The van der Waals surface area contributed by atoms with E-state index >= 15 is 0 Å². The van der Waals surface area contributed by atoms with Crippen molar-refractivity contribution in [2.75, 3.05) is 5.32 Å². The maximum absolute atomic E-state index is 12.4. The lowest BCUT2D eigenvalue weighted by atomic mass is 9.93. The molecule has 0 saturated heterocycles. The predicted octanol–water partition coefficient (Wildman–Crippen LogP) is 3.28. The van der Waals surface area contributed by atoms with Gasteiger partial charge in [-0.25, -0.2) is 9.97 Å². The number of nitrogens with zero attached hydrogens (tertiary/aromatic N) is 4. The largest absolute Gasteiger partial charge is 0.298 e. The summed E-state index contributed by atoms with van der Waals surface area (Å²) in [5.41, 5.74) is 3.06. The van der Waals surface area contributed by atoms with Crippen LogP contribution < -0.4 is 5.32 Å². The predicted molar refractivity (Wildman–Crippen MR) is 92.0 cm³/mol. The Balaban J connectivity index is 1.86. The number of fused-ring (bicyclic) bond motifs is 1. The van der Waals surface area contributed by atoms with Crippen LogP contribution in [-0.2, 0) is 12.5 Å². The summed E-state index contributed by atoms with van der Waals surface area (Å²) in [6.45, 7) is 8.19. The second-order valence-electron chi connectivity index (χ2n) is 6.55. The molecule has 0 atom stereocenters. The highest BCUT2D eigenvalue weighted by Gasteiger charge is 2.19. The Kier molecular flexibility index (Phi) is 3.68. The van der Waals surface area contributed by atoms with Crippen LogP contribution in [0.15, 0.2) is 17.6 Å². The van der Waals surface area contributed by atoms with Gasteiger partial charge in [-0.15, -0.1) is 11.3 Å². The number of rotatable bonds is 2. The van der Waals surface area contributed by atoms with E-state index in [1.54, 1.807) is 10.9 Å². The lowest BCUT2D eigenvalue weighted by Crippen LogP contribution is -2.14. The molecule has 0 aromatic carbocycles. The first kappa shape index (κ1) is 15.6. The molecule has 1 amide bonds. The van der Waals surface area contributed by atoms with Gasteiger partial charge in [-0.05, 0) is 13.0 Å². The molecule has 3 aromatic heterocycles. The van der Waals surface area contributed by atoms with Crippen LogP contribution in [0.5, 0.6) is 0 Å². The van der Waals surface area contributed by atoms with E-state index in [0.717, 1.165) is 22.4 Å². The van der Waals surface area contributed by atoms with Crippen LogP contribution in [0, 0.1) is 6.92 Å². The fraction of sp³-hybridized carbons (Fsp3) is 0.375. The van der Waals surface area contributed by atoms with Gasteiger partial charge in [0.2, 0.25) is 0 Å². The number of anilines is 1. The standard InChI is InChI=1S/C16H19N5OS/c1-9-11-6-10(7-17-13(11)21(5)20-9)14(22)19-15-18-12(8-23-15)16(2,3)4/h6-8H,1-5H3,(H,18,19,22). The van der Waals surface area contributed by atoms with Gasteiger partial charge in [0.25, 0.3) is 5.91 Å². The number of hydrogen-bond donors (Lipinski definition) is 1. The number of thiazole rings is 1. The summed E-state index contributed by atoms with van der Waals surface area (Å²) in [4.78, 5) is 21.2. The third-order valence-corrected chi connectivity index (χ3v) is 4.38. The van der Waals surface area contributed by atoms with Crippen LogP contribution in [0.2, 0.25) is 0 Å². The van der Waals surface area contributed by atoms with Gasteiger partial charge in [0, 0.05) is 29.4 Å². The summed E-state index contributed by atoms with van der Waals surface area (Å²) in [5, 5.41) is 10.6. The zero-order chi connectivity index (χ0) is 16.8. The third-order valence-electron chi connectivity index (χ3n) is 3.62. The van der Waals surface area contributed by atoms with Gasteiger partial charge in [0.15, 0.2) is 10.8 Å². The highest BCUT2D eigenvalue weighted by Crippen LogP contribution is 2.26. The molecule has 7 heteroatoms. The molecule has 0 bridgehead atoms. The highest BCUT2D eigenvalue weighted by molar-refractivity contribution is 7.14. The first-order valence-electron chi connectivity index (χ1n) is 7.32. The van der Waals surface area contributed by atoms with Crippen molar-refractivity contribution in [1.82, 2.24) is 19.7 Å². The molecule has 0 aliphatic carbocycles. The van der Waals surface area contributed by atoms with E-state index in [0.29, 0.717) is 10.7 Å². The number of hydrogen-bond acceptors (Lipinski definition) is 5. The minimum atomic E-state index is -0.211. The van der Waals surface area contributed by atoms with E-state index in [-0.39, 0.29) is 11.3 Å². The molecule has 0 fully saturated rings. The molecule has 0 unspecified atom stereocenters. The molecule has 120 valence electrons. The number of pyridine rings is 1. The van der Waals surface area contributed by atoms with E-state index < -0.39 is 0 Å². The van der Waals surface area contributed by atoms with Crippen LogP contribution in [0.4, 0.5) is 5.13 Å². The number of aromatic nitrogens is 4. The number of carbonyl (C=O) groups excluding carboxylic acids is 1. The van der Waals surface area contributed by atoms with Gasteiger partial charge < -0.3 is 0 Å². The average molecular weight is 329 g/mol. The van der Waals surface area contributed by atoms with E-state index in [1.807, 2.05) is 25.4 Å². The van der Waals surface area contributed by atoms with E-state index in [4.69, 9.17) is 0 Å². The molecule has 6 nitrogen and oxygen atoms in total. The fourth-order valence-corrected chi connectivity index (χ4v) is 3.21. The number of amides is 1. The Bertz CT molecular complexity index is 888. The lowest BCUT2D eigenvalue weighted by Gasteiger charge is -2.14. The first-order chi connectivity index (χ1) is 10.8. The zero-order valence-electron chi connectivity index (χ0n) is 13.8. The average Bonchev–Trinajstić information content (AvgIpc) is 3.04. The molecular formula is C16H19N5OS. The van der Waals surface area contributed by atoms with E-state index in [2.05, 4.69) is 41.2 Å². The van der Waals surface area contributed by atoms with Crippen molar-refractivity contribution in [3.05, 3.63) is 34.6 Å². The van der Waals surface area contributed by atoms with Gasteiger partial charge in [0.05, 0.1) is 17.0 Å². The molecule has 0 radical (unpaired) electrons. The van der Waals surface area contributed by atoms with Crippen molar-refractivity contribution in [2.24, 2.45) is 7.05 Å². The minimum Gasteiger partial charge on any atom is -0.298 e. The summed E-state index contributed by atoms with van der Waals surface area (Å²) in [7, 11) is 1.84.